The summed E-state index contributed by atoms with van der Waals surface area (Å²) in [6.07, 6.45) is 2.09. The molecule has 0 radical (unpaired) electrons. The molecule has 1 aliphatic carbocycles. The van der Waals surface area contributed by atoms with E-state index in [9.17, 15) is 0 Å². The number of rotatable bonds is 0. The Labute approximate surface area is 117 Å². The van der Waals surface area contributed by atoms with Gasteiger partial charge in [-0.3, -0.25) is 0 Å². The molecule has 18 heavy (non-hydrogen) atoms. The third-order valence-electron chi connectivity index (χ3n) is 4.35. The van der Waals surface area contributed by atoms with Crippen molar-refractivity contribution in [1.82, 2.24) is 0 Å². The van der Waals surface area contributed by atoms with Crippen molar-refractivity contribution in [1.29, 1.82) is 0 Å². The van der Waals surface area contributed by atoms with Crippen molar-refractivity contribution in [2.24, 2.45) is 0 Å². The molecule has 0 fully saturated rings. The van der Waals surface area contributed by atoms with Crippen LogP contribution in [0.3, 0.4) is 0 Å². The highest BCUT2D eigenvalue weighted by Crippen LogP contribution is 2.48. The first-order valence-corrected chi connectivity index (χ1v) is 6.96. The van der Waals surface area contributed by atoms with Gasteiger partial charge in [0.25, 0.3) is 0 Å². The van der Waals surface area contributed by atoms with Crippen molar-refractivity contribution in [3.63, 3.8) is 0 Å². The monoisotopic (exact) mass is 247 g/mol. The molecular formula is C18H28. The Morgan fingerprint density at radius 2 is 1.56 bits per heavy atom. The van der Waals surface area contributed by atoms with Gasteiger partial charge in [-0.25, -0.2) is 0 Å². The molecule has 1 aliphatic rings. The van der Waals surface area contributed by atoms with Gasteiger partial charge >= 0.3 is 0 Å². The van der Waals surface area contributed by atoms with E-state index in [-0.39, 0.29) is 34.4 Å². The minimum atomic E-state index is -0.185. The lowest BCUT2D eigenvalue weighted by atomic mass is 9.60. The second-order valence-electron chi connectivity index (χ2n) is 8.02. The molecule has 100 valence electrons. The summed E-state index contributed by atoms with van der Waals surface area (Å²) in [5, 5.41) is 0. The molecule has 1 aromatic rings. The summed E-state index contributed by atoms with van der Waals surface area (Å²) in [6, 6.07) is 0.599. The lowest BCUT2D eigenvalue weighted by Crippen LogP contribution is -2.36. The van der Waals surface area contributed by atoms with E-state index in [0.717, 1.165) is 29.5 Å². The fraction of sp³-hybridized carbons (Fsp3) is 0.667. The molecule has 0 N–H and O–H groups in total. The molecule has 0 aliphatic heterocycles. The fourth-order valence-corrected chi connectivity index (χ4v) is 3.03. The predicted molar refractivity (Wildman–Crippen MR) is 80.4 cm³/mol. The fourth-order valence-electron chi connectivity index (χ4n) is 3.03. The maximum atomic E-state index is 8.44. The molecule has 0 saturated heterocycles. The van der Waals surface area contributed by atoms with Gasteiger partial charge in [-0.15, -0.1) is 0 Å². The summed E-state index contributed by atoms with van der Waals surface area (Å²) >= 11 is 0. The maximum Gasteiger partial charge on any atom is 0.0626 e. The van der Waals surface area contributed by atoms with Crippen LogP contribution in [-0.4, -0.2) is 0 Å². The van der Waals surface area contributed by atoms with Crippen LogP contribution in [0.1, 0.15) is 82.1 Å². The van der Waals surface area contributed by atoms with E-state index in [1.807, 2.05) is 0 Å². The van der Waals surface area contributed by atoms with Crippen molar-refractivity contribution in [2.75, 3.05) is 0 Å². The molecule has 0 unspecified atom stereocenters. The van der Waals surface area contributed by atoms with Gasteiger partial charge in [0.1, 0.15) is 0 Å². The average Bonchev–Trinajstić information content (AvgIpc) is 2.30. The molecule has 0 bridgehead atoms. The van der Waals surface area contributed by atoms with E-state index in [2.05, 4.69) is 48.5 Å². The van der Waals surface area contributed by atoms with Gasteiger partial charge in [0.05, 0.1) is 4.11 Å². The molecule has 0 nitrogen and oxygen atoms in total. The summed E-state index contributed by atoms with van der Waals surface area (Å²) in [5.41, 5.74) is 2.83. The summed E-state index contributed by atoms with van der Waals surface area (Å²) in [4.78, 5) is 0. The van der Waals surface area contributed by atoms with Crippen LogP contribution in [-0.2, 0) is 16.2 Å². The van der Waals surface area contributed by atoms with E-state index in [0.29, 0.717) is 0 Å². The second kappa shape index (κ2) is 3.85. The molecular weight excluding hydrogens is 216 g/mol. The Hall–Kier alpha value is -0.780. The zero-order chi connectivity index (χ0) is 16.4. The minimum Gasteiger partial charge on any atom is -0.0617 e. The van der Waals surface area contributed by atoms with Crippen LogP contribution in [0.5, 0.6) is 0 Å². The first-order valence-electron chi connectivity index (χ1n) is 8.46. The van der Waals surface area contributed by atoms with Crippen LogP contribution in [0, 0.1) is 0 Å². The highest BCUT2D eigenvalue weighted by atomic mass is 14.4. The first-order chi connectivity index (χ1) is 9.31. The molecule has 0 heteroatoms. The summed E-state index contributed by atoms with van der Waals surface area (Å²) in [5.74, 6) is 0. The van der Waals surface area contributed by atoms with Gasteiger partial charge < -0.3 is 0 Å². The van der Waals surface area contributed by atoms with E-state index < -0.39 is 0 Å². The van der Waals surface area contributed by atoms with Crippen LogP contribution in [0.4, 0.5) is 0 Å². The first kappa shape index (κ1) is 10.1. The average molecular weight is 247 g/mol. The maximum absolute atomic E-state index is 8.44. The lowest BCUT2D eigenvalue weighted by Gasteiger charge is -2.44. The standard InChI is InChI=1S/C18H28/c1-16(2,3)13-9-8-10-14-15(13)18(6,7)12-11-17(14,4)5/h8-10H,11-12H2,1-7H3/i8D,9D,10D. The van der Waals surface area contributed by atoms with Gasteiger partial charge in [0.2, 0.25) is 0 Å². The van der Waals surface area contributed by atoms with Crippen molar-refractivity contribution in [2.45, 2.75) is 77.6 Å². The number of hydrogen-bond acceptors (Lipinski definition) is 0. The summed E-state index contributed by atoms with van der Waals surface area (Å²) in [7, 11) is 0. The highest BCUT2D eigenvalue weighted by Gasteiger charge is 2.39. The molecule has 0 aromatic heterocycles. The van der Waals surface area contributed by atoms with Gasteiger partial charge in [-0.05, 0) is 45.8 Å². The second-order valence-corrected chi connectivity index (χ2v) is 8.02. The molecule has 0 spiro atoms. The quantitative estimate of drug-likeness (QED) is 0.581. The summed E-state index contributed by atoms with van der Waals surface area (Å²) in [6.45, 7) is 15.1. The topological polar surface area (TPSA) is 0 Å². The largest absolute Gasteiger partial charge is 0.0626 e. The Bertz CT molecular complexity index is 566. The van der Waals surface area contributed by atoms with Crippen LogP contribution < -0.4 is 0 Å². The SMILES string of the molecule is [2H]c1c([2H])c(C(C)(C)C)c2c(c1[2H])C(C)(C)CCC2(C)C. The van der Waals surface area contributed by atoms with E-state index in [4.69, 9.17) is 4.11 Å². The normalized spacial score (nSPS) is 23.8. The molecule has 0 saturated carbocycles. The Balaban J connectivity index is 3.03. The number of fused-ring (bicyclic) bond motifs is 1. The zero-order valence-electron chi connectivity index (χ0n) is 15.9. The van der Waals surface area contributed by atoms with Crippen LogP contribution in [0.25, 0.3) is 0 Å². The summed E-state index contributed by atoms with van der Waals surface area (Å²) < 4.78 is 25.1. The third-order valence-corrected chi connectivity index (χ3v) is 4.35. The molecule has 1 aromatic carbocycles. The van der Waals surface area contributed by atoms with Crippen molar-refractivity contribution in [3.8, 4) is 0 Å². The number of benzene rings is 1. The molecule has 0 heterocycles. The molecule has 0 amide bonds. The number of hydrogen-bond donors (Lipinski definition) is 0. The van der Waals surface area contributed by atoms with Crippen molar-refractivity contribution >= 4 is 0 Å². The van der Waals surface area contributed by atoms with E-state index >= 15 is 0 Å². The Morgan fingerprint density at radius 3 is 2.11 bits per heavy atom. The molecule has 0 atom stereocenters. The molecule has 2 rings (SSSR count). The predicted octanol–water partition coefficient (Wildman–Crippen LogP) is 5.33. The van der Waals surface area contributed by atoms with Crippen LogP contribution >= 0.6 is 0 Å². The van der Waals surface area contributed by atoms with Gasteiger partial charge in [-0.1, -0.05) is 66.6 Å². The van der Waals surface area contributed by atoms with Crippen molar-refractivity contribution < 1.29 is 4.11 Å². The van der Waals surface area contributed by atoms with E-state index in [1.165, 1.54) is 0 Å². The van der Waals surface area contributed by atoms with E-state index in [1.54, 1.807) is 0 Å². The van der Waals surface area contributed by atoms with Crippen LogP contribution in [0.15, 0.2) is 18.1 Å². The smallest absolute Gasteiger partial charge is 0.0617 e. The minimum absolute atomic E-state index is 0.0350. The lowest BCUT2D eigenvalue weighted by molar-refractivity contribution is 0.325. The van der Waals surface area contributed by atoms with Gasteiger partial charge in [0.15, 0.2) is 0 Å². The Morgan fingerprint density at radius 1 is 1.00 bits per heavy atom. The van der Waals surface area contributed by atoms with Gasteiger partial charge in [0, 0.05) is 0 Å². The van der Waals surface area contributed by atoms with Gasteiger partial charge in [-0.2, -0.15) is 0 Å². The van der Waals surface area contributed by atoms with Crippen molar-refractivity contribution in [3.05, 3.63) is 34.8 Å². The zero-order valence-corrected chi connectivity index (χ0v) is 12.9. The van der Waals surface area contributed by atoms with Crippen LogP contribution in [0.2, 0.25) is 0 Å². The highest BCUT2D eigenvalue weighted by molar-refractivity contribution is 5.48. The third kappa shape index (κ3) is 2.11. The Kier molecular flexibility index (Phi) is 2.15.